The van der Waals surface area contributed by atoms with Crippen molar-refractivity contribution in [3.05, 3.63) is 81.4 Å². The Labute approximate surface area is 139 Å². The van der Waals surface area contributed by atoms with Crippen molar-refractivity contribution in [2.24, 2.45) is 0 Å². The second-order valence-electron chi connectivity index (χ2n) is 5.67. The van der Waals surface area contributed by atoms with Crippen LogP contribution in [0.2, 0.25) is 0 Å². The number of nitrogens with zero attached hydrogens (tertiary/aromatic N) is 1. The van der Waals surface area contributed by atoms with Crippen LogP contribution >= 0.6 is 0 Å². The third kappa shape index (κ3) is 2.84. The average molecular weight is 320 g/mol. The Morgan fingerprint density at radius 1 is 1.00 bits per heavy atom. The molecule has 0 radical (unpaired) electrons. The van der Waals surface area contributed by atoms with E-state index in [9.17, 15) is 14.9 Å². The lowest BCUT2D eigenvalue weighted by Crippen LogP contribution is -2.14. The fraction of sp³-hybridized carbons (Fsp3) is 0.105. The van der Waals surface area contributed by atoms with Crippen molar-refractivity contribution < 1.29 is 9.72 Å². The average Bonchev–Trinajstić information content (AvgIpc) is 2.58. The zero-order chi connectivity index (χ0) is 17.3. The van der Waals surface area contributed by atoms with Gasteiger partial charge in [0.05, 0.1) is 4.92 Å². The van der Waals surface area contributed by atoms with E-state index in [-0.39, 0.29) is 17.3 Å². The Kier molecular flexibility index (Phi) is 4.00. The van der Waals surface area contributed by atoms with E-state index in [1.165, 1.54) is 6.07 Å². The first-order valence-corrected chi connectivity index (χ1v) is 7.52. The van der Waals surface area contributed by atoms with Crippen molar-refractivity contribution in [3.63, 3.8) is 0 Å². The molecule has 0 aliphatic rings. The Morgan fingerprint density at radius 3 is 2.42 bits per heavy atom. The van der Waals surface area contributed by atoms with E-state index < -0.39 is 4.92 Å². The second-order valence-corrected chi connectivity index (χ2v) is 5.67. The van der Waals surface area contributed by atoms with Gasteiger partial charge in [0.25, 0.3) is 11.6 Å². The van der Waals surface area contributed by atoms with E-state index in [4.69, 9.17) is 0 Å². The van der Waals surface area contributed by atoms with E-state index in [2.05, 4.69) is 5.32 Å². The molecule has 1 amide bonds. The summed E-state index contributed by atoms with van der Waals surface area (Å²) in [7, 11) is 0. The van der Waals surface area contributed by atoms with Gasteiger partial charge in [-0.2, -0.15) is 0 Å². The number of nitro groups is 1. The number of fused-ring (bicyclic) bond motifs is 1. The van der Waals surface area contributed by atoms with Crippen LogP contribution in [0.25, 0.3) is 10.8 Å². The van der Waals surface area contributed by atoms with Gasteiger partial charge in [-0.3, -0.25) is 14.9 Å². The summed E-state index contributed by atoms with van der Waals surface area (Å²) in [6.45, 7) is 3.61. The molecule has 24 heavy (non-hydrogen) atoms. The topological polar surface area (TPSA) is 72.2 Å². The van der Waals surface area contributed by atoms with E-state index >= 15 is 0 Å². The van der Waals surface area contributed by atoms with Gasteiger partial charge in [-0.1, -0.05) is 36.4 Å². The minimum absolute atomic E-state index is 0.104. The standard InChI is InChI=1S/C19H16N2O3/c1-12-7-10-17(21(23)24)18(13(12)2)20-19(22)16-9-8-14-5-3-4-6-15(14)11-16/h3-11H,1-2H3,(H,20,22). The molecule has 3 rings (SSSR count). The Morgan fingerprint density at radius 2 is 1.71 bits per heavy atom. The number of nitrogens with one attached hydrogen (secondary N) is 1. The first kappa shape index (κ1) is 15.7. The summed E-state index contributed by atoms with van der Waals surface area (Å²) in [6, 6.07) is 16.2. The van der Waals surface area contributed by atoms with Crippen LogP contribution in [0.15, 0.2) is 54.6 Å². The fourth-order valence-electron chi connectivity index (χ4n) is 2.63. The minimum Gasteiger partial charge on any atom is -0.316 e. The quantitative estimate of drug-likeness (QED) is 0.565. The summed E-state index contributed by atoms with van der Waals surface area (Å²) in [5, 5.41) is 15.9. The van der Waals surface area contributed by atoms with Gasteiger partial charge in [0.2, 0.25) is 0 Å². The molecule has 0 aliphatic heterocycles. The Bertz CT molecular complexity index is 964. The molecular weight excluding hydrogens is 304 g/mol. The molecule has 1 N–H and O–H groups in total. The lowest BCUT2D eigenvalue weighted by atomic mass is 10.0. The molecule has 0 heterocycles. The molecule has 0 fully saturated rings. The second kappa shape index (κ2) is 6.12. The normalized spacial score (nSPS) is 10.6. The highest BCUT2D eigenvalue weighted by atomic mass is 16.6. The summed E-state index contributed by atoms with van der Waals surface area (Å²) in [6.07, 6.45) is 0. The first-order valence-electron chi connectivity index (χ1n) is 7.52. The molecule has 5 nitrogen and oxygen atoms in total. The number of carbonyl (C=O) groups is 1. The predicted molar refractivity (Wildman–Crippen MR) is 94.5 cm³/mol. The maximum atomic E-state index is 12.6. The van der Waals surface area contributed by atoms with Crippen LogP contribution in [0, 0.1) is 24.0 Å². The molecule has 120 valence electrons. The zero-order valence-electron chi connectivity index (χ0n) is 13.4. The molecule has 0 spiro atoms. The number of nitro benzene ring substituents is 1. The number of anilines is 1. The maximum absolute atomic E-state index is 12.6. The van der Waals surface area contributed by atoms with Crippen molar-refractivity contribution in [2.45, 2.75) is 13.8 Å². The number of carbonyl (C=O) groups excluding carboxylic acids is 1. The summed E-state index contributed by atoms with van der Waals surface area (Å²) < 4.78 is 0. The summed E-state index contributed by atoms with van der Waals surface area (Å²) >= 11 is 0. The van der Waals surface area contributed by atoms with Gasteiger partial charge in [0, 0.05) is 11.6 Å². The van der Waals surface area contributed by atoms with Crippen molar-refractivity contribution >= 4 is 28.1 Å². The molecule has 0 atom stereocenters. The number of benzene rings is 3. The van der Waals surface area contributed by atoms with Crippen LogP contribution in [0.5, 0.6) is 0 Å². The van der Waals surface area contributed by atoms with E-state index in [0.717, 1.165) is 16.3 Å². The molecule has 0 aromatic heterocycles. The van der Waals surface area contributed by atoms with Gasteiger partial charge in [-0.25, -0.2) is 0 Å². The maximum Gasteiger partial charge on any atom is 0.293 e. The number of aryl methyl sites for hydroxylation is 1. The molecule has 0 aliphatic carbocycles. The largest absolute Gasteiger partial charge is 0.316 e. The third-order valence-electron chi connectivity index (χ3n) is 4.16. The number of hydrogen-bond acceptors (Lipinski definition) is 3. The van der Waals surface area contributed by atoms with Crippen LogP contribution in [0.4, 0.5) is 11.4 Å². The van der Waals surface area contributed by atoms with Gasteiger partial charge >= 0.3 is 0 Å². The molecule has 3 aromatic rings. The van der Waals surface area contributed by atoms with E-state index in [0.29, 0.717) is 11.1 Å². The number of hydrogen-bond donors (Lipinski definition) is 1. The molecule has 3 aromatic carbocycles. The Balaban J connectivity index is 1.99. The lowest BCUT2D eigenvalue weighted by Gasteiger charge is -2.11. The molecule has 0 bridgehead atoms. The SMILES string of the molecule is Cc1ccc([N+](=O)[O-])c(NC(=O)c2ccc3ccccc3c2)c1C. The highest BCUT2D eigenvalue weighted by Gasteiger charge is 2.20. The fourth-order valence-corrected chi connectivity index (χ4v) is 2.63. The van der Waals surface area contributed by atoms with E-state index in [1.807, 2.05) is 37.3 Å². The molecule has 0 saturated carbocycles. The smallest absolute Gasteiger partial charge is 0.293 e. The van der Waals surface area contributed by atoms with Crippen molar-refractivity contribution in [1.29, 1.82) is 0 Å². The zero-order valence-corrected chi connectivity index (χ0v) is 13.4. The van der Waals surface area contributed by atoms with Crippen molar-refractivity contribution in [3.8, 4) is 0 Å². The van der Waals surface area contributed by atoms with Crippen LogP contribution in [0.3, 0.4) is 0 Å². The van der Waals surface area contributed by atoms with Gasteiger partial charge in [-0.05, 0) is 47.9 Å². The van der Waals surface area contributed by atoms with Gasteiger partial charge in [-0.15, -0.1) is 0 Å². The predicted octanol–water partition coefficient (Wildman–Crippen LogP) is 4.62. The van der Waals surface area contributed by atoms with Gasteiger partial charge in [0.15, 0.2) is 0 Å². The lowest BCUT2D eigenvalue weighted by molar-refractivity contribution is -0.384. The Hall–Kier alpha value is -3.21. The first-order chi connectivity index (χ1) is 11.5. The van der Waals surface area contributed by atoms with E-state index in [1.54, 1.807) is 25.1 Å². The van der Waals surface area contributed by atoms with Crippen LogP contribution < -0.4 is 5.32 Å². The third-order valence-corrected chi connectivity index (χ3v) is 4.16. The summed E-state index contributed by atoms with van der Waals surface area (Å²) in [5.41, 5.74) is 2.18. The molecular formula is C19H16N2O3. The van der Waals surface area contributed by atoms with Crippen LogP contribution in [-0.2, 0) is 0 Å². The highest BCUT2D eigenvalue weighted by Crippen LogP contribution is 2.30. The van der Waals surface area contributed by atoms with Crippen LogP contribution in [0.1, 0.15) is 21.5 Å². The van der Waals surface area contributed by atoms with Gasteiger partial charge in [0.1, 0.15) is 5.69 Å². The monoisotopic (exact) mass is 320 g/mol. The minimum atomic E-state index is -0.484. The molecule has 0 saturated heterocycles. The molecule has 5 heteroatoms. The molecule has 0 unspecified atom stereocenters. The summed E-state index contributed by atoms with van der Waals surface area (Å²) in [4.78, 5) is 23.3. The van der Waals surface area contributed by atoms with Crippen LogP contribution in [-0.4, -0.2) is 10.8 Å². The van der Waals surface area contributed by atoms with Crippen molar-refractivity contribution in [1.82, 2.24) is 0 Å². The van der Waals surface area contributed by atoms with Crippen molar-refractivity contribution in [2.75, 3.05) is 5.32 Å². The highest BCUT2D eigenvalue weighted by molar-refractivity contribution is 6.07. The summed E-state index contributed by atoms with van der Waals surface area (Å²) in [5.74, 6) is -0.363. The number of amides is 1. The number of rotatable bonds is 3. The van der Waals surface area contributed by atoms with Gasteiger partial charge < -0.3 is 5.32 Å².